The van der Waals surface area contributed by atoms with Crippen molar-refractivity contribution in [2.75, 3.05) is 0 Å². The number of carbonyl (C=O) groups is 1. The SMILES string of the molecule is C[C@]12CC[C@@H]3C4CC[C@@H]5CC5[C@H]4CC[C@H]3C1[C@H]1[C@@H]([C@@H]2C(=O)Cn2ccc(C#N)n2)C1(F)F. The Balaban J connectivity index is 1.19. The first-order valence-corrected chi connectivity index (χ1v) is 12.7. The van der Waals surface area contributed by atoms with E-state index in [0.29, 0.717) is 11.8 Å². The van der Waals surface area contributed by atoms with E-state index in [-0.39, 0.29) is 29.4 Å². The summed E-state index contributed by atoms with van der Waals surface area (Å²) in [5, 5.41) is 13.1. The fourth-order valence-electron chi connectivity index (χ4n) is 10.0. The molecule has 11 atom stereocenters. The van der Waals surface area contributed by atoms with E-state index in [1.807, 2.05) is 6.07 Å². The van der Waals surface area contributed by atoms with Gasteiger partial charge in [0.2, 0.25) is 0 Å². The van der Waals surface area contributed by atoms with Crippen molar-refractivity contribution in [2.24, 2.45) is 64.6 Å². The maximum Gasteiger partial charge on any atom is 0.255 e. The number of fused-ring (bicyclic) bond motifs is 9. The van der Waals surface area contributed by atoms with Gasteiger partial charge >= 0.3 is 0 Å². The van der Waals surface area contributed by atoms with Gasteiger partial charge in [-0.15, -0.1) is 0 Å². The van der Waals surface area contributed by atoms with Gasteiger partial charge in [-0.05, 0) is 97.9 Å². The molecule has 170 valence electrons. The summed E-state index contributed by atoms with van der Waals surface area (Å²) in [6, 6.07) is 3.54. The molecule has 0 spiro atoms. The van der Waals surface area contributed by atoms with E-state index in [1.165, 1.54) is 30.4 Å². The summed E-state index contributed by atoms with van der Waals surface area (Å²) in [6.45, 7) is 2.15. The number of Topliss-reactive ketones (excluding diaryl/α,β-unsaturated/α-hetero) is 1. The minimum absolute atomic E-state index is 0.00415. The third-order valence-electron chi connectivity index (χ3n) is 11.2. The zero-order chi connectivity index (χ0) is 22.0. The van der Waals surface area contributed by atoms with E-state index in [9.17, 15) is 4.79 Å². The molecule has 32 heavy (non-hydrogen) atoms. The van der Waals surface area contributed by atoms with Crippen molar-refractivity contribution in [1.82, 2.24) is 9.78 Å². The second-order valence-corrected chi connectivity index (χ2v) is 12.2. The molecule has 1 aromatic heterocycles. The van der Waals surface area contributed by atoms with E-state index >= 15 is 8.78 Å². The van der Waals surface area contributed by atoms with Gasteiger partial charge in [0.05, 0.1) is 6.54 Å². The molecule has 6 aliphatic rings. The molecule has 0 aromatic carbocycles. The van der Waals surface area contributed by atoms with Crippen molar-refractivity contribution >= 4 is 5.78 Å². The van der Waals surface area contributed by atoms with Crippen LogP contribution in [0.15, 0.2) is 12.3 Å². The first kappa shape index (κ1) is 19.7. The standard InChI is InChI=1S/C26H31F2N3O/c1-25-8-6-17-15-3-2-13-10-19(13)16(15)4-5-18(17)21(25)23-24(26(23,27)28)22(25)20(32)12-31-9-7-14(11-29)30-31/h7,9,13,15-19,21-24H,2-6,8,10,12H2,1H3/t13-,15?,16+,17-,18-,19?,21?,22+,23+,24-,25+/m1/s1. The minimum atomic E-state index is -2.70. The lowest BCUT2D eigenvalue weighted by atomic mass is 9.48. The van der Waals surface area contributed by atoms with Crippen LogP contribution in [0.3, 0.4) is 0 Å². The highest BCUT2D eigenvalue weighted by Gasteiger charge is 2.84. The number of ketones is 1. The maximum absolute atomic E-state index is 15.1. The maximum atomic E-state index is 15.1. The molecule has 6 aliphatic carbocycles. The topological polar surface area (TPSA) is 58.7 Å². The second-order valence-electron chi connectivity index (χ2n) is 12.2. The molecule has 0 N–H and O–H groups in total. The summed E-state index contributed by atoms with van der Waals surface area (Å²) >= 11 is 0. The Hall–Kier alpha value is -1.77. The Morgan fingerprint density at radius 3 is 2.59 bits per heavy atom. The molecule has 1 heterocycles. The highest BCUT2D eigenvalue weighted by atomic mass is 19.3. The van der Waals surface area contributed by atoms with Crippen molar-refractivity contribution < 1.29 is 13.6 Å². The molecule has 0 bridgehead atoms. The number of nitrogens with zero attached hydrogens (tertiary/aromatic N) is 3. The Morgan fingerprint density at radius 1 is 1.09 bits per heavy atom. The van der Waals surface area contributed by atoms with Crippen LogP contribution in [0.1, 0.15) is 57.6 Å². The summed E-state index contributed by atoms with van der Waals surface area (Å²) in [5.74, 6) is -0.317. The highest BCUT2D eigenvalue weighted by molar-refractivity contribution is 5.83. The molecule has 0 saturated heterocycles. The van der Waals surface area contributed by atoms with Crippen molar-refractivity contribution in [3.05, 3.63) is 18.0 Å². The van der Waals surface area contributed by atoms with Crippen LogP contribution in [0.5, 0.6) is 0 Å². The fourth-order valence-corrected chi connectivity index (χ4v) is 10.0. The lowest BCUT2D eigenvalue weighted by molar-refractivity contribution is -0.142. The van der Waals surface area contributed by atoms with Crippen LogP contribution in [0.2, 0.25) is 0 Å². The minimum Gasteiger partial charge on any atom is -0.297 e. The van der Waals surface area contributed by atoms with E-state index in [0.717, 1.165) is 42.9 Å². The van der Waals surface area contributed by atoms with Crippen LogP contribution in [0.25, 0.3) is 0 Å². The van der Waals surface area contributed by atoms with Gasteiger partial charge in [-0.3, -0.25) is 9.48 Å². The predicted molar refractivity (Wildman–Crippen MR) is 112 cm³/mol. The normalized spacial score (nSPS) is 51.3. The quantitative estimate of drug-likeness (QED) is 0.670. The molecule has 1 aromatic rings. The molecule has 6 saturated carbocycles. The van der Waals surface area contributed by atoms with Gasteiger partial charge in [0.25, 0.3) is 5.92 Å². The number of hydrogen-bond acceptors (Lipinski definition) is 3. The van der Waals surface area contributed by atoms with Crippen LogP contribution in [-0.2, 0) is 11.3 Å². The van der Waals surface area contributed by atoms with E-state index < -0.39 is 23.7 Å². The lowest BCUT2D eigenvalue weighted by Gasteiger charge is -2.56. The number of hydrogen-bond donors (Lipinski definition) is 0. The molecule has 4 nitrogen and oxygen atoms in total. The third-order valence-corrected chi connectivity index (χ3v) is 11.2. The van der Waals surface area contributed by atoms with Gasteiger partial charge in [-0.1, -0.05) is 6.92 Å². The average molecular weight is 440 g/mol. The molecule has 7 rings (SSSR count). The summed E-state index contributed by atoms with van der Waals surface area (Å²) in [6.07, 6.45) is 10.0. The molecule has 0 radical (unpaired) electrons. The molecule has 6 fully saturated rings. The van der Waals surface area contributed by atoms with Gasteiger partial charge in [0.1, 0.15) is 6.07 Å². The van der Waals surface area contributed by atoms with Gasteiger partial charge in [0, 0.05) is 24.0 Å². The number of rotatable bonds is 3. The summed E-state index contributed by atoms with van der Waals surface area (Å²) in [5.41, 5.74) is -0.0602. The van der Waals surface area contributed by atoms with Gasteiger partial charge in [-0.25, -0.2) is 8.78 Å². The van der Waals surface area contributed by atoms with Gasteiger partial charge in [-0.2, -0.15) is 10.4 Å². The molecule has 6 heteroatoms. The molecule has 3 unspecified atom stereocenters. The van der Waals surface area contributed by atoms with Crippen molar-refractivity contribution in [2.45, 2.75) is 64.3 Å². The van der Waals surface area contributed by atoms with Crippen LogP contribution in [-0.4, -0.2) is 21.5 Å². The van der Waals surface area contributed by atoms with Crippen LogP contribution >= 0.6 is 0 Å². The Kier molecular flexibility index (Phi) is 3.82. The van der Waals surface area contributed by atoms with Gasteiger partial charge in [0.15, 0.2) is 11.5 Å². The summed E-state index contributed by atoms with van der Waals surface area (Å²) in [4.78, 5) is 13.5. The fraction of sp³-hybridized carbons (Fsp3) is 0.808. The first-order chi connectivity index (χ1) is 15.3. The number of carbonyl (C=O) groups excluding carboxylic acids is 1. The summed E-state index contributed by atoms with van der Waals surface area (Å²) < 4.78 is 31.7. The van der Waals surface area contributed by atoms with E-state index in [2.05, 4.69) is 12.0 Å². The highest BCUT2D eigenvalue weighted by Crippen LogP contribution is 2.80. The lowest BCUT2D eigenvalue weighted by Crippen LogP contribution is -2.52. The summed E-state index contributed by atoms with van der Waals surface area (Å²) in [7, 11) is 0. The number of aromatic nitrogens is 2. The molecular formula is C26H31F2N3O. The number of nitriles is 1. The second kappa shape index (κ2) is 6.21. The Morgan fingerprint density at radius 2 is 1.81 bits per heavy atom. The third kappa shape index (κ3) is 2.41. The molecule has 0 amide bonds. The van der Waals surface area contributed by atoms with Crippen LogP contribution < -0.4 is 0 Å². The number of halogens is 2. The van der Waals surface area contributed by atoms with Gasteiger partial charge < -0.3 is 0 Å². The smallest absolute Gasteiger partial charge is 0.255 e. The van der Waals surface area contributed by atoms with Crippen molar-refractivity contribution in [3.8, 4) is 6.07 Å². The predicted octanol–water partition coefficient (Wildman–Crippen LogP) is 4.94. The van der Waals surface area contributed by atoms with E-state index in [4.69, 9.17) is 5.26 Å². The Bertz CT molecular complexity index is 1030. The Labute approximate surface area is 187 Å². The first-order valence-electron chi connectivity index (χ1n) is 12.7. The van der Waals surface area contributed by atoms with Crippen molar-refractivity contribution in [1.29, 1.82) is 5.26 Å². The zero-order valence-electron chi connectivity index (χ0n) is 18.6. The zero-order valence-corrected chi connectivity index (χ0v) is 18.6. The average Bonchev–Trinajstić information content (AvgIpc) is 3.53. The molecule has 0 aliphatic heterocycles. The molecular weight excluding hydrogens is 408 g/mol. The van der Waals surface area contributed by atoms with Crippen molar-refractivity contribution in [3.63, 3.8) is 0 Å². The monoisotopic (exact) mass is 439 g/mol. The number of alkyl halides is 2. The largest absolute Gasteiger partial charge is 0.297 e. The van der Waals surface area contributed by atoms with E-state index in [1.54, 1.807) is 12.3 Å². The van der Waals surface area contributed by atoms with Crippen LogP contribution in [0, 0.1) is 75.9 Å². The van der Waals surface area contributed by atoms with Crippen LogP contribution in [0.4, 0.5) is 8.78 Å².